The van der Waals surface area contributed by atoms with Crippen LogP contribution in [0.2, 0.25) is 0 Å². The first kappa shape index (κ1) is 17.6. The largest absolute Gasteiger partial charge is 0.342 e. The Morgan fingerprint density at radius 2 is 2.07 bits per heavy atom. The standard InChI is InChI=1S/C19H21FN4O3/c1-2-24-19(27)18(26)23-10-13-6-7-22(11-15(13)17(23)21-24)16(25)9-12-4-3-5-14(20)8-12/h3-5,8,13,15H,2,6-7,9-11H2,1H3. The molecule has 8 heteroatoms. The molecular formula is C19H21FN4O3. The fourth-order valence-corrected chi connectivity index (χ4v) is 4.12. The highest BCUT2D eigenvalue weighted by molar-refractivity contribution is 5.79. The molecule has 3 heterocycles. The number of carbonyl (C=O) groups is 1. The highest BCUT2D eigenvalue weighted by Gasteiger charge is 2.40. The maximum absolute atomic E-state index is 13.3. The Morgan fingerprint density at radius 1 is 1.26 bits per heavy atom. The monoisotopic (exact) mass is 372 g/mol. The zero-order valence-corrected chi connectivity index (χ0v) is 15.1. The number of aryl methyl sites for hydroxylation is 1. The van der Waals surface area contributed by atoms with Gasteiger partial charge in [-0.3, -0.25) is 19.0 Å². The summed E-state index contributed by atoms with van der Waals surface area (Å²) in [6.45, 7) is 3.65. The summed E-state index contributed by atoms with van der Waals surface area (Å²) < 4.78 is 16.0. The third kappa shape index (κ3) is 3.09. The Hall–Kier alpha value is -2.77. The molecule has 0 N–H and O–H groups in total. The lowest BCUT2D eigenvalue weighted by atomic mass is 9.87. The first-order valence-electron chi connectivity index (χ1n) is 9.22. The molecule has 2 atom stereocenters. The van der Waals surface area contributed by atoms with Crippen molar-refractivity contribution in [2.45, 2.75) is 38.8 Å². The Bertz CT molecular complexity index is 1010. The fourth-order valence-electron chi connectivity index (χ4n) is 4.12. The molecule has 0 radical (unpaired) electrons. The van der Waals surface area contributed by atoms with Gasteiger partial charge in [0.05, 0.1) is 6.42 Å². The van der Waals surface area contributed by atoms with E-state index in [-0.39, 0.29) is 30.0 Å². The van der Waals surface area contributed by atoms with Gasteiger partial charge in [-0.2, -0.15) is 5.10 Å². The van der Waals surface area contributed by atoms with Crippen molar-refractivity contribution in [3.63, 3.8) is 0 Å². The van der Waals surface area contributed by atoms with Crippen LogP contribution in [0.1, 0.15) is 30.7 Å². The van der Waals surface area contributed by atoms with Gasteiger partial charge in [0, 0.05) is 32.1 Å². The van der Waals surface area contributed by atoms with Gasteiger partial charge in [0.1, 0.15) is 11.6 Å². The normalized spacial score (nSPS) is 21.0. The lowest BCUT2D eigenvalue weighted by Gasteiger charge is -2.34. The fraction of sp³-hybridized carbons (Fsp3) is 0.474. The number of hydrogen-bond acceptors (Lipinski definition) is 4. The Labute approximate surface area is 155 Å². The van der Waals surface area contributed by atoms with Crippen LogP contribution in [0.5, 0.6) is 0 Å². The molecule has 4 rings (SSSR count). The summed E-state index contributed by atoms with van der Waals surface area (Å²) in [6.07, 6.45) is 0.895. The van der Waals surface area contributed by atoms with Gasteiger partial charge in [0.2, 0.25) is 5.91 Å². The number of hydrogen-bond donors (Lipinski definition) is 0. The molecule has 0 aliphatic carbocycles. The van der Waals surface area contributed by atoms with E-state index in [0.717, 1.165) is 6.42 Å². The summed E-state index contributed by atoms with van der Waals surface area (Å²) in [6, 6.07) is 6.06. The number of halogens is 1. The summed E-state index contributed by atoms with van der Waals surface area (Å²) in [5, 5.41) is 4.39. The van der Waals surface area contributed by atoms with Crippen LogP contribution >= 0.6 is 0 Å². The quantitative estimate of drug-likeness (QED) is 0.745. The van der Waals surface area contributed by atoms with Crippen molar-refractivity contribution >= 4 is 5.91 Å². The van der Waals surface area contributed by atoms with E-state index in [1.54, 1.807) is 24.0 Å². The van der Waals surface area contributed by atoms with E-state index in [9.17, 15) is 18.8 Å². The summed E-state index contributed by atoms with van der Waals surface area (Å²) in [5.41, 5.74) is -0.490. The van der Waals surface area contributed by atoms with Crippen molar-refractivity contribution in [3.8, 4) is 0 Å². The third-order valence-electron chi connectivity index (χ3n) is 5.56. The van der Waals surface area contributed by atoms with Gasteiger partial charge < -0.3 is 4.90 Å². The molecule has 1 aromatic carbocycles. The molecule has 1 aromatic heterocycles. The molecule has 0 spiro atoms. The van der Waals surface area contributed by atoms with Crippen LogP contribution in [0.4, 0.5) is 4.39 Å². The number of amides is 1. The maximum Gasteiger partial charge on any atom is 0.332 e. The minimum atomic E-state index is -0.598. The third-order valence-corrected chi connectivity index (χ3v) is 5.56. The van der Waals surface area contributed by atoms with Crippen LogP contribution in [0.3, 0.4) is 0 Å². The molecule has 2 unspecified atom stereocenters. The van der Waals surface area contributed by atoms with E-state index in [2.05, 4.69) is 5.10 Å². The number of carbonyl (C=O) groups excluding carboxylic acids is 1. The van der Waals surface area contributed by atoms with E-state index in [4.69, 9.17) is 0 Å². The molecule has 7 nitrogen and oxygen atoms in total. The van der Waals surface area contributed by atoms with Crippen molar-refractivity contribution in [3.05, 3.63) is 62.2 Å². The number of rotatable bonds is 3. The zero-order chi connectivity index (χ0) is 19.1. The smallest absolute Gasteiger partial charge is 0.332 e. The maximum atomic E-state index is 13.3. The number of nitrogens with zero attached hydrogens (tertiary/aromatic N) is 4. The molecule has 2 aliphatic rings. The lowest BCUT2D eigenvalue weighted by molar-refractivity contribution is -0.132. The number of aromatic nitrogens is 3. The predicted octanol–water partition coefficient (Wildman–Crippen LogP) is 0.752. The summed E-state index contributed by atoms with van der Waals surface area (Å²) in [5.74, 6) is 0.319. The summed E-state index contributed by atoms with van der Waals surface area (Å²) in [4.78, 5) is 38.8. The van der Waals surface area contributed by atoms with Gasteiger partial charge in [-0.15, -0.1) is 0 Å². The Balaban J connectivity index is 1.57. The Morgan fingerprint density at radius 3 is 2.81 bits per heavy atom. The molecule has 1 amide bonds. The van der Waals surface area contributed by atoms with E-state index < -0.39 is 11.1 Å². The zero-order valence-electron chi connectivity index (χ0n) is 15.1. The molecule has 0 bridgehead atoms. The molecule has 0 saturated carbocycles. The van der Waals surface area contributed by atoms with Crippen molar-refractivity contribution in [2.75, 3.05) is 13.1 Å². The second-order valence-corrected chi connectivity index (χ2v) is 7.20. The SMILES string of the molecule is CCn1nc2n(c(=O)c1=O)CC1CCN(C(=O)Cc3cccc(F)c3)CC21. The summed E-state index contributed by atoms with van der Waals surface area (Å²) >= 11 is 0. The topological polar surface area (TPSA) is 77.2 Å². The molecule has 142 valence electrons. The van der Waals surface area contributed by atoms with Crippen molar-refractivity contribution in [1.82, 2.24) is 19.2 Å². The second-order valence-electron chi connectivity index (χ2n) is 7.20. The molecule has 2 aromatic rings. The number of piperidine rings is 1. The second kappa shape index (κ2) is 6.75. The molecule has 1 fully saturated rings. The van der Waals surface area contributed by atoms with Crippen molar-refractivity contribution in [2.24, 2.45) is 5.92 Å². The van der Waals surface area contributed by atoms with E-state index >= 15 is 0 Å². The minimum Gasteiger partial charge on any atom is -0.342 e. The molecule has 1 saturated heterocycles. The van der Waals surface area contributed by atoms with Crippen LogP contribution in [0, 0.1) is 11.7 Å². The minimum absolute atomic E-state index is 0.0543. The van der Waals surface area contributed by atoms with Crippen molar-refractivity contribution in [1.29, 1.82) is 0 Å². The average Bonchev–Trinajstić information content (AvgIpc) is 3.02. The molecule has 2 aliphatic heterocycles. The van der Waals surface area contributed by atoms with Gasteiger partial charge in [0.15, 0.2) is 0 Å². The number of benzene rings is 1. The number of likely N-dealkylation sites (tertiary alicyclic amines) is 1. The van der Waals surface area contributed by atoms with Gasteiger partial charge >= 0.3 is 11.1 Å². The van der Waals surface area contributed by atoms with Crippen LogP contribution < -0.4 is 11.1 Å². The highest BCUT2D eigenvalue weighted by atomic mass is 19.1. The van der Waals surface area contributed by atoms with Gasteiger partial charge in [-0.05, 0) is 37.0 Å². The Kier molecular flexibility index (Phi) is 4.41. The van der Waals surface area contributed by atoms with E-state index in [0.29, 0.717) is 37.6 Å². The number of fused-ring (bicyclic) bond motifs is 3. The van der Waals surface area contributed by atoms with Crippen LogP contribution in [0.15, 0.2) is 33.9 Å². The van der Waals surface area contributed by atoms with Gasteiger partial charge in [-0.25, -0.2) is 9.07 Å². The lowest BCUT2D eigenvalue weighted by Crippen LogP contribution is -2.44. The first-order chi connectivity index (χ1) is 13.0. The molecule has 27 heavy (non-hydrogen) atoms. The summed E-state index contributed by atoms with van der Waals surface area (Å²) in [7, 11) is 0. The van der Waals surface area contributed by atoms with Crippen molar-refractivity contribution < 1.29 is 9.18 Å². The average molecular weight is 372 g/mol. The highest BCUT2D eigenvalue weighted by Crippen LogP contribution is 2.37. The van der Waals surface area contributed by atoms with Gasteiger partial charge in [-0.1, -0.05) is 12.1 Å². The van der Waals surface area contributed by atoms with Crippen LogP contribution in [-0.2, 0) is 24.3 Å². The van der Waals surface area contributed by atoms with E-state index in [1.807, 2.05) is 0 Å². The predicted molar refractivity (Wildman–Crippen MR) is 96.0 cm³/mol. The van der Waals surface area contributed by atoms with E-state index in [1.165, 1.54) is 21.4 Å². The van der Waals surface area contributed by atoms with Gasteiger partial charge in [0.25, 0.3) is 0 Å². The molecular weight excluding hydrogens is 351 g/mol. The first-order valence-corrected chi connectivity index (χ1v) is 9.22. The van der Waals surface area contributed by atoms with Crippen LogP contribution in [0.25, 0.3) is 0 Å². The van der Waals surface area contributed by atoms with Crippen LogP contribution in [-0.4, -0.2) is 38.2 Å².